The molecule has 2 N–H and O–H groups in total. The number of nitriles is 1. The summed E-state index contributed by atoms with van der Waals surface area (Å²) in [5.74, 6) is 3.27. The van der Waals surface area contributed by atoms with E-state index in [2.05, 4.69) is 38.9 Å². The minimum absolute atomic E-state index is 0.163. The van der Waals surface area contributed by atoms with Crippen molar-refractivity contribution < 1.29 is 10.2 Å². The van der Waals surface area contributed by atoms with Gasteiger partial charge in [-0.15, -0.1) is 0 Å². The fraction of sp³-hybridized carbons (Fsp3) is 0.862. The van der Waals surface area contributed by atoms with Crippen molar-refractivity contribution in [2.24, 2.45) is 46.3 Å². The third-order valence-corrected chi connectivity index (χ3v) is 11.5. The van der Waals surface area contributed by atoms with Gasteiger partial charge in [-0.3, -0.25) is 4.68 Å². The lowest BCUT2D eigenvalue weighted by Crippen LogP contribution is -2.60. The van der Waals surface area contributed by atoms with Crippen LogP contribution in [0.25, 0.3) is 0 Å². The van der Waals surface area contributed by atoms with Gasteiger partial charge in [0.05, 0.1) is 23.5 Å². The smallest absolute Gasteiger partial charge is 0.102 e. The van der Waals surface area contributed by atoms with Crippen molar-refractivity contribution in [1.82, 2.24) is 9.78 Å². The molecule has 34 heavy (non-hydrogen) atoms. The van der Waals surface area contributed by atoms with Gasteiger partial charge in [-0.05, 0) is 104 Å². The van der Waals surface area contributed by atoms with Gasteiger partial charge in [-0.25, -0.2) is 0 Å². The molecule has 0 amide bonds. The number of aliphatic hydroxyl groups excluding tert-OH is 1. The highest BCUT2D eigenvalue weighted by atomic mass is 16.3. The molecule has 188 valence electrons. The highest BCUT2D eigenvalue weighted by Crippen LogP contribution is 2.69. The first-order valence-electron chi connectivity index (χ1n) is 14.0. The molecule has 4 aliphatic carbocycles. The molecule has 0 spiro atoms. The van der Waals surface area contributed by atoms with Crippen LogP contribution in [0.1, 0.15) is 97.5 Å². The van der Waals surface area contributed by atoms with Crippen LogP contribution in [-0.4, -0.2) is 31.7 Å². The summed E-state index contributed by atoms with van der Waals surface area (Å²) in [7, 11) is 0. The van der Waals surface area contributed by atoms with Crippen LogP contribution in [0.15, 0.2) is 12.4 Å². The minimum atomic E-state index is -0.480. The molecule has 0 aliphatic heterocycles. The van der Waals surface area contributed by atoms with Crippen LogP contribution in [0, 0.1) is 57.7 Å². The molecule has 5 nitrogen and oxygen atoms in total. The topological polar surface area (TPSA) is 82.1 Å². The molecule has 4 fully saturated rings. The summed E-state index contributed by atoms with van der Waals surface area (Å²) in [5.41, 5.74) is 0.482. The first-order valence-corrected chi connectivity index (χ1v) is 14.0. The maximum atomic E-state index is 11.8. The predicted octanol–water partition coefficient (Wildman–Crippen LogP) is 5.55. The molecule has 0 unspecified atom stereocenters. The minimum Gasteiger partial charge on any atom is -0.393 e. The Bertz CT molecular complexity index is 938. The zero-order valence-corrected chi connectivity index (χ0v) is 21.7. The Morgan fingerprint density at radius 1 is 1.18 bits per heavy atom. The Balaban J connectivity index is 1.35. The second kappa shape index (κ2) is 8.63. The Morgan fingerprint density at radius 2 is 1.97 bits per heavy atom. The van der Waals surface area contributed by atoms with Crippen molar-refractivity contribution in [2.75, 3.05) is 0 Å². The summed E-state index contributed by atoms with van der Waals surface area (Å²) >= 11 is 0. The van der Waals surface area contributed by atoms with Gasteiger partial charge in [-0.1, -0.05) is 34.1 Å². The van der Waals surface area contributed by atoms with Crippen molar-refractivity contribution in [3.05, 3.63) is 18.0 Å². The Labute approximate surface area is 205 Å². The Morgan fingerprint density at radius 3 is 2.68 bits per heavy atom. The lowest BCUT2D eigenvalue weighted by Gasteiger charge is -2.63. The number of aromatic nitrogens is 2. The molecule has 1 heterocycles. The van der Waals surface area contributed by atoms with E-state index < -0.39 is 5.60 Å². The monoisotopic (exact) mass is 467 g/mol. The Hall–Kier alpha value is -1.38. The average molecular weight is 468 g/mol. The van der Waals surface area contributed by atoms with Gasteiger partial charge in [0.1, 0.15) is 6.07 Å². The van der Waals surface area contributed by atoms with E-state index in [1.807, 2.05) is 10.9 Å². The van der Waals surface area contributed by atoms with Gasteiger partial charge in [0.25, 0.3) is 0 Å². The molecule has 0 saturated heterocycles. The molecule has 10 atom stereocenters. The first kappa shape index (κ1) is 24.3. The third-order valence-electron chi connectivity index (χ3n) is 11.5. The van der Waals surface area contributed by atoms with Crippen molar-refractivity contribution in [2.45, 2.75) is 110 Å². The first-order chi connectivity index (χ1) is 16.1. The number of rotatable bonds is 5. The number of hydrogen-bond acceptors (Lipinski definition) is 4. The lowest BCUT2D eigenvalue weighted by molar-refractivity contribution is -0.193. The van der Waals surface area contributed by atoms with E-state index in [-0.39, 0.29) is 16.9 Å². The second-order valence-corrected chi connectivity index (χ2v) is 13.3. The number of fused-ring (bicyclic) bond motifs is 5. The Kier molecular flexibility index (Phi) is 6.17. The molecule has 5 heteroatoms. The fourth-order valence-corrected chi connectivity index (χ4v) is 10.1. The molecular formula is C29H45N3O2. The highest BCUT2D eigenvalue weighted by Gasteiger charge is 2.64. The quantitative estimate of drug-likeness (QED) is 0.595. The number of nitrogens with zero attached hydrogens (tertiary/aromatic N) is 3. The van der Waals surface area contributed by atoms with E-state index in [0.29, 0.717) is 41.1 Å². The van der Waals surface area contributed by atoms with Crippen molar-refractivity contribution in [1.29, 1.82) is 5.26 Å². The van der Waals surface area contributed by atoms with Crippen LogP contribution in [0.3, 0.4) is 0 Å². The summed E-state index contributed by atoms with van der Waals surface area (Å²) in [5, 5.41) is 36.5. The van der Waals surface area contributed by atoms with E-state index in [0.717, 1.165) is 45.1 Å². The van der Waals surface area contributed by atoms with E-state index >= 15 is 0 Å². The van der Waals surface area contributed by atoms with E-state index in [9.17, 15) is 10.2 Å². The maximum Gasteiger partial charge on any atom is 0.102 e. The van der Waals surface area contributed by atoms with Gasteiger partial charge in [0, 0.05) is 12.7 Å². The summed E-state index contributed by atoms with van der Waals surface area (Å²) in [6.07, 6.45) is 14.0. The van der Waals surface area contributed by atoms with Crippen LogP contribution in [0.4, 0.5) is 0 Å². The fourth-order valence-electron chi connectivity index (χ4n) is 10.1. The summed E-state index contributed by atoms with van der Waals surface area (Å²) in [6.45, 7) is 10.3. The molecule has 5 rings (SSSR count). The van der Waals surface area contributed by atoms with E-state index in [4.69, 9.17) is 5.26 Å². The van der Waals surface area contributed by atoms with Crippen molar-refractivity contribution in [3.8, 4) is 6.07 Å². The van der Waals surface area contributed by atoms with E-state index in [1.54, 1.807) is 6.20 Å². The van der Waals surface area contributed by atoms with Crippen LogP contribution in [0.5, 0.6) is 0 Å². The number of hydrogen-bond donors (Lipinski definition) is 2. The largest absolute Gasteiger partial charge is 0.393 e. The summed E-state index contributed by atoms with van der Waals surface area (Å²) in [4.78, 5) is 0. The molecule has 4 saturated carbocycles. The predicted molar refractivity (Wildman–Crippen MR) is 133 cm³/mol. The summed E-state index contributed by atoms with van der Waals surface area (Å²) < 4.78 is 1.94. The maximum absolute atomic E-state index is 11.8. The van der Waals surface area contributed by atoms with Crippen LogP contribution >= 0.6 is 0 Å². The average Bonchev–Trinajstić information content (AvgIpc) is 3.37. The summed E-state index contributed by atoms with van der Waals surface area (Å²) in [6, 6.07) is 2.19. The van der Waals surface area contributed by atoms with Gasteiger partial charge >= 0.3 is 0 Å². The van der Waals surface area contributed by atoms with Gasteiger partial charge < -0.3 is 10.2 Å². The van der Waals surface area contributed by atoms with Crippen LogP contribution in [0.2, 0.25) is 0 Å². The lowest BCUT2D eigenvalue weighted by atomic mass is 9.42. The zero-order chi connectivity index (χ0) is 24.3. The molecule has 1 aromatic heterocycles. The standard InChI is InChI=1S/C29H45N3O2/c1-5-10-29(34)12-11-27(3)21(13-29)6-7-22-24-9-8-23(28(24,4)14-25(33)26(22)27)19(2)17-32-18-20(15-30)16-31-32/h16,18-19,21-26,33-34H,5-14,17H2,1-4H3/t19-,21-,22+,23-,24+,25-,26-,27+,28-,29-/m1/s1. The normalized spacial score (nSPS) is 46.7. The van der Waals surface area contributed by atoms with Crippen molar-refractivity contribution >= 4 is 0 Å². The van der Waals surface area contributed by atoms with E-state index in [1.165, 1.54) is 25.7 Å². The second-order valence-electron chi connectivity index (χ2n) is 13.3. The molecule has 0 radical (unpaired) electrons. The zero-order valence-electron chi connectivity index (χ0n) is 21.7. The van der Waals surface area contributed by atoms with Crippen LogP contribution < -0.4 is 0 Å². The molecule has 4 aliphatic rings. The molecule has 1 aromatic rings. The van der Waals surface area contributed by atoms with Gasteiger partial charge in [0.2, 0.25) is 0 Å². The highest BCUT2D eigenvalue weighted by molar-refractivity contribution is 5.21. The molecular weight excluding hydrogens is 422 g/mol. The van der Waals surface area contributed by atoms with Crippen molar-refractivity contribution in [3.63, 3.8) is 0 Å². The van der Waals surface area contributed by atoms with Gasteiger partial charge in [0.15, 0.2) is 0 Å². The molecule has 0 bridgehead atoms. The molecule has 0 aromatic carbocycles. The third kappa shape index (κ3) is 3.75. The van der Waals surface area contributed by atoms with Crippen LogP contribution in [-0.2, 0) is 6.54 Å². The SMILES string of the molecule is CCC[C@@]1(O)CC[C@@]2(C)[C@H](CC[C@@H]3[C@@H]2[C@H](O)C[C@]2(C)[C@@H]([C@H](C)Cn4cc(C#N)cn4)CC[C@@H]32)C1. The number of aliphatic hydroxyl groups is 2. The van der Waals surface area contributed by atoms with Gasteiger partial charge in [-0.2, -0.15) is 10.4 Å².